The molecule has 19 heavy (non-hydrogen) atoms. The number of carbonyl (C=O) groups is 1. The average Bonchev–Trinajstić information content (AvgIpc) is 3.07. The molecular formula is C14H21N3O2. The van der Waals surface area contributed by atoms with Crippen LogP contribution in [0.1, 0.15) is 49.1 Å². The zero-order valence-electron chi connectivity index (χ0n) is 11.4. The minimum Gasteiger partial charge on any atom is -0.461 e. The van der Waals surface area contributed by atoms with Gasteiger partial charge in [-0.1, -0.05) is 0 Å². The molecule has 2 fully saturated rings. The molecule has 1 aromatic heterocycles. The first-order valence-corrected chi connectivity index (χ1v) is 7.22. The SMILES string of the molecule is CCOC(=O)c1cn(C2CCN3CCCC3C2)cn1. The molecule has 5 nitrogen and oxygen atoms in total. The Morgan fingerprint density at radius 3 is 3.16 bits per heavy atom. The van der Waals surface area contributed by atoms with Gasteiger partial charge in [-0.05, 0) is 39.2 Å². The summed E-state index contributed by atoms with van der Waals surface area (Å²) in [6, 6.07) is 1.21. The number of fused-ring (bicyclic) bond motifs is 1. The van der Waals surface area contributed by atoms with Crippen LogP contribution in [0, 0.1) is 0 Å². The summed E-state index contributed by atoms with van der Waals surface area (Å²) < 4.78 is 7.07. The van der Waals surface area contributed by atoms with E-state index in [-0.39, 0.29) is 5.97 Å². The highest BCUT2D eigenvalue weighted by Gasteiger charge is 2.32. The molecule has 3 heterocycles. The van der Waals surface area contributed by atoms with Gasteiger partial charge in [0.25, 0.3) is 0 Å². The van der Waals surface area contributed by atoms with Gasteiger partial charge in [0.1, 0.15) is 0 Å². The Labute approximate surface area is 113 Å². The first kappa shape index (κ1) is 12.7. The van der Waals surface area contributed by atoms with E-state index >= 15 is 0 Å². The zero-order chi connectivity index (χ0) is 13.2. The summed E-state index contributed by atoms with van der Waals surface area (Å²) in [6.45, 7) is 4.63. The van der Waals surface area contributed by atoms with Crippen molar-refractivity contribution in [2.75, 3.05) is 19.7 Å². The van der Waals surface area contributed by atoms with E-state index in [0.717, 1.165) is 12.5 Å². The van der Waals surface area contributed by atoms with Gasteiger partial charge >= 0.3 is 5.97 Å². The van der Waals surface area contributed by atoms with Crippen molar-refractivity contribution in [3.8, 4) is 0 Å². The largest absolute Gasteiger partial charge is 0.461 e. The maximum Gasteiger partial charge on any atom is 0.358 e. The molecular weight excluding hydrogens is 242 g/mol. The van der Waals surface area contributed by atoms with Crippen molar-refractivity contribution in [3.63, 3.8) is 0 Å². The van der Waals surface area contributed by atoms with Crippen LogP contribution in [0.25, 0.3) is 0 Å². The molecule has 0 N–H and O–H groups in total. The maximum atomic E-state index is 11.6. The van der Waals surface area contributed by atoms with Gasteiger partial charge < -0.3 is 14.2 Å². The van der Waals surface area contributed by atoms with E-state index in [2.05, 4.69) is 14.5 Å². The molecule has 0 aromatic carbocycles. The molecule has 0 amide bonds. The lowest BCUT2D eigenvalue weighted by Crippen LogP contribution is -2.38. The van der Waals surface area contributed by atoms with Crippen LogP contribution in [-0.4, -0.2) is 46.2 Å². The van der Waals surface area contributed by atoms with Crippen LogP contribution in [-0.2, 0) is 4.74 Å². The van der Waals surface area contributed by atoms with E-state index in [1.807, 2.05) is 13.1 Å². The lowest BCUT2D eigenvalue weighted by atomic mass is 9.97. The third kappa shape index (κ3) is 2.52. The number of esters is 1. The predicted molar refractivity (Wildman–Crippen MR) is 71.0 cm³/mol. The Morgan fingerprint density at radius 2 is 2.32 bits per heavy atom. The van der Waals surface area contributed by atoms with Gasteiger partial charge in [-0.25, -0.2) is 9.78 Å². The summed E-state index contributed by atoms with van der Waals surface area (Å²) in [7, 11) is 0. The van der Waals surface area contributed by atoms with E-state index < -0.39 is 0 Å². The smallest absolute Gasteiger partial charge is 0.358 e. The molecule has 2 atom stereocenters. The molecule has 2 aliphatic heterocycles. The van der Waals surface area contributed by atoms with Gasteiger partial charge in [0.05, 0.1) is 12.9 Å². The fourth-order valence-electron chi connectivity index (χ4n) is 3.32. The number of rotatable bonds is 3. The van der Waals surface area contributed by atoms with Crippen molar-refractivity contribution in [1.29, 1.82) is 0 Å². The lowest BCUT2D eigenvalue weighted by Gasteiger charge is -2.35. The highest BCUT2D eigenvalue weighted by atomic mass is 16.5. The van der Waals surface area contributed by atoms with Gasteiger partial charge in [0.15, 0.2) is 5.69 Å². The number of hydrogen-bond acceptors (Lipinski definition) is 4. The van der Waals surface area contributed by atoms with Crippen LogP contribution in [0.15, 0.2) is 12.5 Å². The van der Waals surface area contributed by atoms with E-state index in [1.54, 1.807) is 6.33 Å². The third-order valence-corrected chi connectivity index (χ3v) is 4.30. The van der Waals surface area contributed by atoms with Crippen molar-refractivity contribution >= 4 is 5.97 Å². The molecule has 0 spiro atoms. The Hall–Kier alpha value is -1.36. The van der Waals surface area contributed by atoms with E-state index in [1.165, 1.54) is 32.4 Å². The molecule has 0 aliphatic carbocycles. The molecule has 5 heteroatoms. The topological polar surface area (TPSA) is 47.4 Å². The monoisotopic (exact) mass is 263 g/mol. The van der Waals surface area contributed by atoms with Crippen molar-refractivity contribution in [2.24, 2.45) is 0 Å². The molecule has 104 valence electrons. The summed E-state index contributed by atoms with van der Waals surface area (Å²) in [6.07, 6.45) is 8.59. The number of piperidine rings is 1. The van der Waals surface area contributed by atoms with E-state index in [0.29, 0.717) is 18.3 Å². The van der Waals surface area contributed by atoms with Gasteiger partial charge in [-0.3, -0.25) is 0 Å². The first-order valence-electron chi connectivity index (χ1n) is 7.22. The summed E-state index contributed by atoms with van der Waals surface area (Å²) >= 11 is 0. The molecule has 3 rings (SSSR count). The number of aromatic nitrogens is 2. The highest BCUT2D eigenvalue weighted by Crippen LogP contribution is 2.32. The minimum atomic E-state index is -0.320. The van der Waals surface area contributed by atoms with Crippen LogP contribution in [0.2, 0.25) is 0 Å². The predicted octanol–water partition coefficient (Wildman–Crippen LogP) is 1.86. The molecule has 0 radical (unpaired) electrons. The van der Waals surface area contributed by atoms with Crippen LogP contribution < -0.4 is 0 Å². The summed E-state index contributed by atoms with van der Waals surface area (Å²) in [5.74, 6) is -0.320. The summed E-state index contributed by atoms with van der Waals surface area (Å²) in [4.78, 5) is 18.4. The summed E-state index contributed by atoms with van der Waals surface area (Å²) in [5, 5.41) is 0. The van der Waals surface area contributed by atoms with Crippen molar-refractivity contribution in [3.05, 3.63) is 18.2 Å². The minimum absolute atomic E-state index is 0.320. The molecule has 2 aliphatic rings. The number of ether oxygens (including phenoxy) is 1. The fourth-order valence-corrected chi connectivity index (χ4v) is 3.32. The van der Waals surface area contributed by atoms with Crippen LogP contribution in [0.5, 0.6) is 0 Å². The van der Waals surface area contributed by atoms with Gasteiger partial charge in [0.2, 0.25) is 0 Å². The van der Waals surface area contributed by atoms with Gasteiger partial charge in [0, 0.05) is 24.8 Å². The number of hydrogen-bond donors (Lipinski definition) is 0. The molecule has 0 saturated carbocycles. The number of nitrogens with zero attached hydrogens (tertiary/aromatic N) is 3. The maximum absolute atomic E-state index is 11.6. The molecule has 1 aromatic rings. The second-order valence-electron chi connectivity index (χ2n) is 5.44. The highest BCUT2D eigenvalue weighted by molar-refractivity contribution is 5.86. The van der Waals surface area contributed by atoms with Crippen molar-refractivity contribution < 1.29 is 9.53 Å². The van der Waals surface area contributed by atoms with Crippen LogP contribution in [0.3, 0.4) is 0 Å². The average molecular weight is 263 g/mol. The molecule has 2 unspecified atom stereocenters. The van der Waals surface area contributed by atoms with E-state index in [4.69, 9.17) is 4.74 Å². The Kier molecular flexibility index (Phi) is 3.55. The van der Waals surface area contributed by atoms with Gasteiger partial charge in [-0.2, -0.15) is 0 Å². The van der Waals surface area contributed by atoms with Gasteiger partial charge in [-0.15, -0.1) is 0 Å². The van der Waals surface area contributed by atoms with Crippen LogP contribution >= 0.6 is 0 Å². The Morgan fingerprint density at radius 1 is 1.42 bits per heavy atom. The first-order chi connectivity index (χ1) is 9.28. The zero-order valence-corrected chi connectivity index (χ0v) is 11.4. The Balaban J connectivity index is 1.67. The molecule has 2 saturated heterocycles. The summed E-state index contributed by atoms with van der Waals surface area (Å²) in [5.41, 5.74) is 0.427. The lowest BCUT2D eigenvalue weighted by molar-refractivity contribution is 0.0520. The quantitative estimate of drug-likeness (QED) is 0.781. The second-order valence-corrected chi connectivity index (χ2v) is 5.44. The van der Waals surface area contributed by atoms with Crippen LogP contribution in [0.4, 0.5) is 0 Å². The normalized spacial score (nSPS) is 27.2. The fraction of sp³-hybridized carbons (Fsp3) is 0.714. The third-order valence-electron chi connectivity index (χ3n) is 4.30. The van der Waals surface area contributed by atoms with E-state index in [9.17, 15) is 4.79 Å². The molecule has 0 bridgehead atoms. The standard InChI is InChI=1S/C14H21N3O2/c1-2-19-14(18)13-9-17(10-15-13)12-5-7-16-6-3-4-11(16)8-12/h9-12H,2-8H2,1H3. The van der Waals surface area contributed by atoms with Crippen molar-refractivity contribution in [1.82, 2.24) is 14.5 Å². The number of imidazole rings is 1. The van der Waals surface area contributed by atoms with Crippen molar-refractivity contribution in [2.45, 2.75) is 44.7 Å². The number of carbonyl (C=O) groups excluding carboxylic acids is 1. The Bertz CT molecular complexity index is 457. The second kappa shape index (κ2) is 5.33.